The van der Waals surface area contributed by atoms with Crippen molar-refractivity contribution in [2.24, 2.45) is 0 Å². The number of aromatic nitrogens is 1. The second-order valence-electron chi connectivity index (χ2n) is 8.04. The van der Waals surface area contributed by atoms with E-state index in [1.165, 1.54) is 12.7 Å². The summed E-state index contributed by atoms with van der Waals surface area (Å²) in [5.74, 6) is 1.37. The van der Waals surface area contributed by atoms with Crippen LogP contribution in [-0.4, -0.2) is 31.2 Å². The maximum atomic E-state index is 11.8. The smallest absolute Gasteiger partial charge is 0.337 e. The van der Waals surface area contributed by atoms with Gasteiger partial charge in [0, 0.05) is 18.8 Å². The van der Waals surface area contributed by atoms with Crippen molar-refractivity contribution in [1.82, 2.24) is 4.98 Å². The van der Waals surface area contributed by atoms with Gasteiger partial charge in [0.15, 0.2) is 5.82 Å². The van der Waals surface area contributed by atoms with Gasteiger partial charge in [0.05, 0.1) is 24.8 Å². The van der Waals surface area contributed by atoms with E-state index >= 15 is 0 Å². The van der Waals surface area contributed by atoms with E-state index in [0.29, 0.717) is 12.2 Å². The third kappa shape index (κ3) is 3.81. The monoisotopic (exact) mass is 415 g/mol. The van der Waals surface area contributed by atoms with Crippen LogP contribution in [0.4, 0.5) is 11.5 Å². The highest BCUT2D eigenvalue weighted by molar-refractivity contribution is 5.89. The van der Waals surface area contributed by atoms with Gasteiger partial charge in [-0.3, -0.25) is 0 Å². The summed E-state index contributed by atoms with van der Waals surface area (Å²) in [7, 11) is 1.40. The quantitative estimate of drug-likeness (QED) is 0.603. The van der Waals surface area contributed by atoms with Crippen molar-refractivity contribution in [2.75, 3.05) is 30.5 Å². The minimum absolute atomic E-state index is 0.174. The highest BCUT2D eigenvalue weighted by Crippen LogP contribution is 2.50. The van der Waals surface area contributed by atoms with Gasteiger partial charge >= 0.3 is 5.97 Å². The van der Waals surface area contributed by atoms with Crippen LogP contribution in [0, 0.1) is 0 Å². The van der Waals surface area contributed by atoms with E-state index < -0.39 is 0 Å². The van der Waals surface area contributed by atoms with E-state index in [1.807, 2.05) is 36.4 Å². The number of rotatable bonds is 6. The first-order chi connectivity index (χ1) is 15.2. The molecule has 6 heteroatoms. The molecule has 0 saturated heterocycles. The van der Waals surface area contributed by atoms with E-state index in [4.69, 9.17) is 9.47 Å². The lowest BCUT2D eigenvalue weighted by atomic mass is 10.0. The molecule has 0 unspecified atom stereocenters. The van der Waals surface area contributed by atoms with Crippen LogP contribution in [0.25, 0.3) is 0 Å². The van der Waals surface area contributed by atoms with Gasteiger partial charge in [-0.25, -0.2) is 9.78 Å². The molecule has 1 aliphatic heterocycles. The molecule has 1 N–H and O–H groups in total. The number of esters is 1. The summed E-state index contributed by atoms with van der Waals surface area (Å²) in [6, 6.07) is 20.0. The van der Waals surface area contributed by atoms with Crippen LogP contribution in [0.3, 0.4) is 0 Å². The summed E-state index contributed by atoms with van der Waals surface area (Å²) >= 11 is 0. The SMILES string of the molecule is COC(=O)c1ccc(C2(Nc3nccc4c3N(Cc3ccccc3)CCO4)CC2)cc1. The summed E-state index contributed by atoms with van der Waals surface area (Å²) in [5, 5.41) is 3.70. The van der Waals surface area contributed by atoms with Gasteiger partial charge in [0.1, 0.15) is 18.0 Å². The average molecular weight is 415 g/mol. The van der Waals surface area contributed by atoms with Gasteiger partial charge < -0.3 is 19.7 Å². The van der Waals surface area contributed by atoms with Gasteiger partial charge in [0.2, 0.25) is 0 Å². The van der Waals surface area contributed by atoms with Crippen LogP contribution in [0.5, 0.6) is 5.75 Å². The molecule has 0 radical (unpaired) electrons. The molecule has 31 heavy (non-hydrogen) atoms. The molecule has 0 bridgehead atoms. The fourth-order valence-electron chi connectivity index (χ4n) is 4.17. The zero-order valence-electron chi connectivity index (χ0n) is 17.5. The molecule has 6 nitrogen and oxygen atoms in total. The summed E-state index contributed by atoms with van der Waals surface area (Å²) in [5.41, 5.74) is 3.79. The van der Waals surface area contributed by atoms with Crippen LogP contribution in [0.15, 0.2) is 66.9 Å². The second-order valence-corrected chi connectivity index (χ2v) is 8.04. The molecule has 0 spiro atoms. The number of pyridine rings is 1. The number of fused-ring (bicyclic) bond motifs is 1. The molecule has 1 saturated carbocycles. The molecule has 3 aromatic rings. The fourth-order valence-corrected chi connectivity index (χ4v) is 4.17. The van der Waals surface area contributed by atoms with Crippen molar-refractivity contribution in [1.29, 1.82) is 0 Å². The van der Waals surface area contributed by atoms with E-state index in [-0.39, 0.29) is 11.5 Å². The number of carbonyl (C=O) groups excluding carboxylic acids is 1. The molecular formula is C25H25N3O3. The zero-order chi connectivity index (χ0) is 21.3. The lowest BCUT2D eigenvalue weighted by Gasteiger charge is -2.33. The number of nitrogens with zero attached hydrogens (tertiary/aromatic N) is 2. The highest BCUT2D eigenvalue weighted by atomic mass is 16.5. The Hall–Kier alpha value is -3.54. The Morgan fingerprint density at radius 1 is 1.13 bits per heavy atom. The maximum Gasteiger partial charge on any atom is 0.337 e. The number of hydrogen-bond donors (Lipinski definition) is 1. The predicted molar refractivity (Wildman–Crippen MR) is 120 cm³/mol. The topological polar surface area (TPSA) is 63.7 Å². The minimum atomic E-state index is -0.322. The number of nitrogens with one attached hydrogen (secondary N) is 1. The normalized spacial score (nSPS) is 16.1. The number of hydrogen-bond acceptors (Lipinski definition) is 6. The Morgan fingerprint density at radius 3 is 2.61 bits per heavy atom. The first-order valence-electron chi connectivity index (χ1n) is 10.6. The molecule has 0 atom stereocenters. The fraction of sp³-hybridized carbons (Fsp3) is 0.280. The number of anilines is 2. The van der Waals surface area contributed by atoms with Crippen molar-refractivity contribution < 1.29 is 14.3 Å². The average Bonchev–Trinajstić information content (AvgIpc) is 3.60. The number of methoxy groups -OCH3 is 1. The van der Waals surface area contributed by atoms with Crippen molar-refractivity contribution >= 4 is 17.5 Å². The van der Waals surface area contributed by atoms with Crippen LogP contribution in [-0.2, 0) is 16.8 Å². The molecule has 1 aliphatic carbocycles. The Kier molecular flexibility index (Phi) is 4.98. The Bertz CT molecular complexity index is 1080. The molecule has 158 valence electrons. The standard InChI is InChI=1S/C25H25N3O3/c1-30-24(29)19-7-9-20(10-8-19)25(12-13-25)27-23-22-21(11-14-26-23)31-16-15-28(22)17-18-5-3-2-4-6-18/h2-11,14H,12-13,15-17H2,1H3,(H,26,27). The Balaban J connectivity index is 1.43. The molecule has 5 rings (SSSR count). The summed E-state index contributed by atoms with van der Waals surface area (Å²) < 4.78 is 10.8. The highest BCUT2D eigenvalue weighted by Gasteiger charge is 2.45. The molecular weight excluding hydrogens is 390 g/mol. The van der Waals surface area contributed by atoms with Crippen LogP contribution in [0.1, 0.15) is 34.3 Å². The Morgan fingerprint density at radius 2 is 1.90 bits per heavy atom. The van der Waals surface area contributed by atoms with Crippen LogP contribution in [0.2, 0.25) is 0 Å². The van der Waals surface area contributed by atoms with Crippen LogP contribution >= 0.6 is 0 Å². The molecule has 2 heterocycles. The molecule has 1 fully saturated rings. The summed E-state index contributed by atoms with van der Waals surface area (Å²) in [6.07, 6.45) is 3.81. The number of ether oxygens (including phenoxy) is 2. The van der Waals surface area contributed by atoms with Gasteiger partial charge in [-0.2, -0.15) is 0 Å². The lowest BCUT2D eigenvalue weighted by molar-refractivity contribution is 0.0600. The van der Waals surface area contributed by atoms with Gasteiger partial charge in [-0.05, 0) is 36.1 Å². The second kappa shape index (κ2) is 7.95. The minimum Gasteiger partial charge on any atom is -0.489 e. The molecule has 2 aliphatic rings. The largest absolute Gasteiger partial charge is 0.489 e. The molecule has 0 amide bonds. The van der Waals surface area contributed by atoms with Gasteiger partial charge in [0.25, 0.3) is 0 Å². The van der Waals surface area contributed by atoms with Crippen molar-refractivity contribution in [2.45, 2.75) is 24.9 Å². The van der Waals surface area contributed by atoms with Gasteiger partial charge in [-0.15, -0.1) is 0 Å². The van der Waals surface area contributed by atoms with Crippen molar-refractivity contribution in [3.63, 3.8) is 0 Å². The first kappa shape index (κ1) is 19.4. The Labute approximate surface area is 181 Å². The number of carbonyl (C=O) groups is 1. The summed E-state index contributed by atoms with van der Waals surface area (Å²) in [6.45, 7) is 2.27. The third-order valence-electron chi connectivity index (χ3n) is 6.00. The van der Waals surface area contributed by atoms with E-state index in [0.717, 1.165) is 48.7 Å². The van der Waals surface area contributed by atoms with E-state index in [2.05, 4.69) is 39.5 Å². The maximum absolute atomic E-state index is 11.8. The van der Waals surface area contributed by atoms with Crippen molar-refractivity contribution in [3.8, 4) is 5.75 Å². The third-order valence-corrected chi connectivity index (χ3v) is 6.00. The van der Waals surface area contributed by atoms with E-state index in [1.54, 1.807) is 6.20 Å². The van der Waals surface area contributed by atoms with Gasteiger partial charge in [-0.1, -0.05) is 42.5 Å². The van der Waals surface area contributed by atoms with Crippen LogP contribution < -0.4 is 15.0 Å². The summed E-state index contributed by atoms with van der Waals surface area (Å²) in [4.78, 5) is 18.8. The lowest BCUT2D eigenvalue weighted by Crippen LogP contribution is -2.34. The molecule has 2 aromatic carbocycles. The molecule has 1 aromatic heterocycles. The first-order valence-corrected chi connectivity index (χ1v) is 10.6. The zero-order valence-corrected chi connectivity index (χ0v) is 17.5. The predicted octanol–water partition coefficient (Wildman–Crippen LogP) is 4.37. The van der Waals surface area contributed by atoms with Crippen molar-refractivity contribution in [3.05, 3.63) is 83.6 Å². The van der Waals surface area contributed by atoms with E-state index in [9.17, 15) is 4.79 Å². The number of benzene rings is 2.